The summed E-state index contributed by atoms with van der Waals surface area (Å²) in [6.45, 7) is 5.78. The van der Waals surface area contributed by atoms with Crippen molar-refractivity contribution in [2.24, 2.45) is 0 Å². The number of hydrogen-bond acceptors (Lipinski definition) is 4. The molecule has 7 heteroatoms. The Hall–Kier alpha value is -1.89. The smallest absolute Gasteiger partial charge is 0.261 e. The lowest BCUT2D eigenvalue weighted by Crippen LogP contribution is -2.13. The van der Waals surface area contributed by atoms with Crippen molar-refractivity contribution >= 4 is 38.6 Å². The predicted molar refractivity (Wildman–Crippen MR) is 104 cm³/mol. The van der Waals surface area contributed by atoms with Crippen molar-refractivity contribution in [2.75, 3.05) is 4.72 Å². The zero-order chi connectivity index (χ0) is 18.2. The molecule has 0 aliphatic rings. The SMILES string of the molecule is Cc1nc(C)c(-c2ccc(C)c(NS(=O)(=O)c3ccc(Cl)cc3)c2)s1. The van der Waals surface area contributed by atoms with Crippen molar-refractivity contribution in [2.45, 2.75) is 25.7 Å². The van der Waals surface area contributed by atoms with Gasteiger partial charge in [-0.1, -0.05) is 23.7 Å². The van der Waals surface area contributed by atoms with Gasteiger partial charge in [0.2, 0.25) is 0 Å². The summed E-state index contributed by atoms with van der Waals surface area (Å²) in [5.41, 5.74) is 3.29. The maximum Gasteiger partial charge on any atom is 0.261 e. The molecule has 0 amide bonds. The molecule has 0 spiro atoms. The molecule has 3 rings (SSSR count). The van der Waals surface area contributed by atoms with E-state index in [0.29, 0.717) is 10.7 Å². The lowest BCUT2D eigenvalue weighted by molar-refractivity contribution is 0.601. The van der Waals surface area contributed by atoms with Crippen LogP contribution in [0.4, 0.5) is 5.69 Å². The molecule has 130 valence electrons. The summed E-state index contributed by atoms with van der Waals surface area (Å²) in [5, 5.41) is 1.48. The van der Waals surface area contributed by atoms with Gasteiger partial charge in [-0.3, -0.25) is 4.72 Å². The first kappa shape index (κ1) is 17.9. The third-order valence-electron chi connectivity index (χ3n) is 3.77. The third-order valence-corrected chi connectivity index (χ3v) is 6.53. The Kier molecular flexibility index (Phi) is 4.86. The van der Waals surface area contributed by atoms with Crippen LogP contribution in [-0.2, 0) is 10.0 Å². The van der Waals surface area contributed by atoms with Gasteiger partial charge in [0, 0.05) is 5.02 Å². The Labute approximate surface area is 156 Å². The number of aromatic nitrogens is 1. The fraction of sp³-hybridized carbons (Fsp3) is 0.167. The van der Waals surface area contributed by atoms with E-state index in [4.69, 9.17) is 11.6 Å². The summed E-state index contributed by atoms with van der Waals surface area (Å²) < 4.78 is 27.9. The normalized spacial score (nSPS) is 11.5. The molecule has 0 saturated carbocycles. The monoisotopic (exact) mass is 392 g/mol. The van der Waals surface area contributed by atoms with Gasteiger partial charge in [0.25, 0.3) is 10.0 Å². The summed E-state index contributed by atoms with van der Waals surface area (Å²) in [6, 6.07) is 11.8. The highest BCUT2D eigenvalue weighted by Gasteiger charge is 2.16. The van der Waals surface area contributed by atoms with Crippen LogP contribution in [0.5, 0.6) is 0 Å². The van der Waals surface area contributed by atoms with Gasteiger partial charge in [-0.05, 0) is 62.2 Å². The van der Waals surface area contributed by atoms with Crippen molar-refractivity contribution in [3.8, 4) is 10.4 Å². The molecule has 1 aromatic heterocycles. The lowest BCUT2D eigenvalue weighted by Gasteiger charge is -2.12. The molecule has 0 unspecified atom stereocenters. The maximum absolute atomic E-state index is 12.6. The molecule has 0 aliphatic carbocycles. The number of thiazole rings is 1. The third kappa shape index (κ3) is 3.86. The van der Waals surface area contributed by atoms with E-state index in [1.54, 1.807) is 23.5 Å². The van der Waals surface area contributed by atoms with Gasteiger partial charge in [-0.15, -0.1) is 11.3 Å². The van der Waals surface area contributed by atoms with E-state index in [2.05, 4.69) is 9.71 Å². The topological polar surface area (TPSA) is 59.1 Å². The van der Waals surface area contributed by atoms with E-state index in [1.165, 1.54) is 12.1 Å². The van der Waals surface area contributed by atoms with Crippen LogP contribution in [0.25, 0.3) is 10.4 Å². The van der Waals surface area contributed by atoms with E-state index < -0.39 is 10.0 Å². The zero-order valence-electron chi connectivity index (χ0n) is 14.0. The van der Waals surface area contributed by atoms with Crippen molar-refractivity contribution in [3.05, 3.63) is 63.8 Å². The number of rotatable bonds is 4. The Morgan fingerprint density at radius 3 is 2.32 bits per heavy atom. The lowest BCUT2D eigenvalue weighted by atomic mass is 10.1. The van der Waals surface area contributed by atoms with Crippen molar-refractivity contribution in [3.63, 3.8) is 0 Å². The first-order chi connectivity index (χ1) is 11.8. The minimum absolute atomic E-state index is 0.173. The van der Waals surface area contributed by atoms with E-state index in [0.717, 1.165) is 26.7 Å². The van der Waals surface area contributed by atoms with Gasteiger partial charge in [0.15, 0.2) is 0 Å². The second-order valence-electron chi connectivity index (χ2n) is 5.74. The predicted octanol–water partition coefficient (Wildman–Crippen LogP) is 5.19. The molecular weight excluding hydrogens is 376 g/mol. The Bertz CT molecular complexity index is 1030. The molecule has 0 bridgehead atoms. The summed E-state index contributed by atoms with van der Waals surface area (Å²) in [7, 11) is -3.68. The molecule has 0 atom stereocenters. The number of nitrogens with one attached hydrogen (secondary N) is 1. The molecule has 3 aromatic rings. The van der Waals surface area contributed by atoms with Crippen LogP contribution in [0.15, 0.2) is 47.4 Å². The second-order valence-corrected chi connectivity index (χ2v) is 9.06. The van der Waals surface area contributed by atoms with Gasteiger partial charge in [-0.2, -0.15) is 0 Å². The fourth-order valence-electron chi connectivity index (χ4n) is 2.49. The van der Waals surface area contributed by atoms with Crippen LogP contribution in [0, 0.1) is 20.8 Å². The first-order valence-corrected chi connectivity index (χ1v) is 10.3. The summed E-state index contributed by atoms with van der Waals surface area (Å²) in [5.74, 6) is 0. The number of benzene rings is 2. The van der Waals surface area contributed by atoms with Crippen molar-refractivity contribution in [1.82, 2.24) is 4.98 Å². The van der Waals surface area contributed by atoms with Crippen LogP contribution >= 0.6 is 22.9 Å². The fourth-order valence-corrected chi connectivity index (χ4v) is 4.65. The van der Waals surface area contributed by atoms with Crippen molar-refractivity contribution in [1.29, 1.82) is 0 Å². The Morgan fingerprint density at radius 1 is 1.04 bits per heavy atom. The largest absolute Gasteiger partial charge is 0.279 e. The molecule has 1 heterocycles. The summed E-state index contributed by atoms with van der Waals surface area (Å²) >= 11 is 7.43. The molecule has 0 saturated heterocycles. The number of aryl methyl sites for hydroxylation is 3. The molecule has 0 radical (unpaired) electrons. The molecule has 4 nitrogen and oxygen atoms in total. The molecule has 0 aliphatic heterocycles. The Morgan fingerprint density at radius 2 is 1.72 bits per heavy atom. The number of hydrogen-bond donors (Lipinski definition) is 1. The van der Waals surface area contributed by atoms with E-state index in [1.807, 2.05) is 39.0 Å². The summed E-state index contributed by atoms with van der Waals surface area (Å²) in [6.07, 6.45) is 0. The van der Waals surface area contributed by atoms with E-state index >= 15 is 0 Å². The second kappa shape index (κ2) is 6.78. The highest BCUT2D eigenvalue weighted by atomic mass is 35.5. The van der Waals surface area contributed by atoms with Gasteiger partial charge in [0.1, 0.15) is 0 Å². The average molecular weight is 393 g/mol. The number of sulfonamides is 1. The van der Waals surface area contributed by atoms with Crippen molar-refractivity contribution < 1.29 is 8.42 Å². The van der Waals surface area contributed by atoms with E-state index in [9.17, 15) is 8.42 Å². The molecule has 0 fully saturated rings. The van der Waals surface area contributed by atoms with Crippen LogP contribution in [0.3, 0.4) is 0 Å². The molecular formula is C18H17ClN2O2S2. The minimum atomic E-state index is -3.68. The molecule has 2 aromatic carbocycles. The van der Waals surface area contributed by atoms with Crippen LogP contribution in [0.1, 0.15) is 16.3 Å². The van der Waals surface area contributed by atoms with Gasteiger partial charge in [-0.25, -0.2) is 13.4 Å². The number of nitrogens with zero attached hydrogens (tertiary/aromatic N) is 1. The first-order valence-electron chi connectivity index (χ1n) is 7.60. The highest BCUT2D eigenvalue weighted by Crippen LogP contribution is 2.33. The van der Waals surface area contributed by atoms with E-state index in [-0.39, 0.29) is 4.90 Å². The Balaban J connectivity index is 1.98. The average Bonchev–Trinajstić information content (AvgIpc) is 2.88. The van der Waals surface area contributed by atoms with Crippen LogP contribution in [0.2, 0.25) is 5.02 Å². The highest BCUT2D eigenvalue weighted by molar-refractivity contribution is 7.92. The molecule has 1 N–H and O–H groups in total. The minimum Gasteiger partial charge on any atom is -0.279 e. The summed E-state index contributed by atoms with van der Waals surface area (Å²) in [4.78, 5) is 5.66. The van der Waals surface area contributed by atoms with Gasteiger partial charge >= 0.3 is 0 Å². The number of halogens is 1. The quantitative estimate of drug-likeness (QED) is 0.664. The standard InChI is InChI=1S/C18H17ClN2O2S2/c1-11-4-5-14(18-12(2)20-13(3)24-18)10-17(11)21-25(22,23)16-8-6-15(19)7-9-16/h4-10,21H,1-3H3. The van der Waals surface area contributed by atoms with Gasteiger partial charge < -0.3 is 0 Å². The zero-order valence-corrected chi connectivity index (χ0v) is 16.4. The molecule has 25 heavy (non-hydrogen) atoms. The maximum atomic E-state index is 12.6. The number of anilines is 1. The van der Waals surface area contributed by atoms with Gasteiger partial charge in [0.05, 0.1) is 26.2 Å². The van der Waals surface area contributed by atoms with Crippen LogP contribution < -0.4 is 4.72 Å². The van der Waals surface area contributed by atoms with Crippen LogP contribution in [-0.4, -0.2) is 13.4 Å².